The lowest BCUT2D eigenvalue weighted by atomic mass is 9.89. The van der Waals surface area contributed by atoms with Crippen LogP contribution in [0.1, 0.15) is 84.7 Å². The quantitative estimate of drug-likeness (QED) is 0.0479. The average Bonchev–Trinajstić information content (AvgIpc) is 3.96. The highest BCUT2D eigenvalue weighted by atomic mass is 19.4. The fourth-order valence-electron chi connectivity index (χ4n) is 4.80. The third kappa shape index (κ3) is 10.3. The first kappa shape index (κ1) is 44.1. The van der Waals surface area contributed by atoms with E-state index in [1.165, 1.54) is 20.8 Å². The zero-order valence-electron chi connectivity index (χ0n) is 28.5. The van der Waals surface area contributed by atoms with Crippen molar-refractivity contribution in [3.05, 3.63) is 78.9 Å². The molecular formula is C33H28F10N2O10. The van der Waals surface area contributed by atoms with Gasteiger partial charge >= 0.3 is 30.2 Å². The molecule has 2 aliphatic carbocycles. The van der Waals surface area contributed by atoms with Crippen molar-refractivity contribution in [2.45, 2.75) is 82.7 Å². The molecule has 0 aromatic heterocycles. The molecule has 0 radical (unpaired) electrons. The van der Waals surface area contributed by atoms with Gasteiger partial charge in [-0.05, 0) is 58.6 Å². The second kappa shape index (κ2) is 15.4. The van der Waals surface area contributed by atoms with Gasteiger partial charge < -0.3 is 4.74 Å². The normalized spacial score (nSPS) is 15.6. The Labute approximate surface area is 302 Å². The molecular weight excluding hydrogens is 774 g/mol. The molecule has 0 amide bonds. The number of carbonyl (C=O) groups excluding carboxylic acids is 5. The van der Waals surface area contributed by atoms with E-state index in [9.17, 15) is 88.1 Å². The summed E-state index contributed by atoms with van der Waals surface area (Å²) in [6.45, 7) is 4.35. The van der Waals surface area contributed by atoms with Gasteiger partial charge in [-0.1, -0.05) is 12.1 Å². The zero-order chi connectivity index (χ0) is 42.2. The van der Waals surface area contributed by atoms with Crippen molar-refractivity contribution in [3.63, 3.8) is 0 Å². The number of ether oxygens (including phenoxy) is 1. The SMILES string of the molecule is CC(C)(C)OC(=O)C(C(=O)c1ccc(C(F)(F)C(F)(F)F)cc1[N+](=O)[O-])C(=O)C1CC1.O=C(CC(=O)C1CC1)c1ccc(C(F)(F)C(F)(F)F)cc1[N+](=O)[O-]. The first-order valence-electron chi connectivity index (χ1n) is 15.8. The minimum absolute atomic E-state index is 0.0162. The Hall–Kier alpha value is -5.31. The van der Waals surface area contributed by atoms with Crippen LogP contribution in [0, 0.1) is 38.0 Å². The third-order valence-corrected chi connectivity index (χ3v) is 7.93. The van der Waals surface area contributed by atoms with Gasteiger partial charge in [-0.3, -0.25) is 44.2 Å². The van der Waals surface area contributed by atoms with Crippen LogP contribution >= 0.6 is 0 Å². The fourth-order valence-corrected chi connectivity index (χ4v) is 4.80. The molecule has 0 bridgehead atoms. The highest BCUT2D eigenvalue weighted by Gasteiger charge is 2.60. The molecule has 2 aromatic rings. The number of esters is 1. The van der Waals surface area contributed by atoms with Crippen LogP contribution in [0.5, 0.6) is 0 Å². The second-order valence-corrected chi connectivity index (χ2v) is 13.5. The van der Waals surface area contributed by atoms with E-state index in [-0.39, 0.29) is 24.1 Å². The Balaban J connectivity index is 0.000000305. The summed E-state index contributed by atoms with van der Waals surface area (Å²) in [5.41, 5.74) is -8.72. The Morgan fingerprint density at radius 2 is 1.09 bits per heavy atom. The molecule has 0 aliphatic heterocycles. The monoisotopic (exact) mass is 802 g/mol. The van der Waals surface area contributed by atoms with Crippen molar-refractivity contribution < 1.29 is 82.5 Å². The first-order valence-corrected chi connectivity index (χ1v) is 15.8. The summed E-state index contributed by atoms with van der Waals surface area (Å²) in [6.07, 6.45) is -10.7. The number of nitro benzene ring substituents is 2. The molecule has 0 N–H and O–H groups in total. The van der Waals surface area contributed by atoms with Gasteiger partial charge in [0, 0.05) is 35.1 Å². The van der Waals surface area contributed by atoms with Gasteiger partial charge in [0.1, 0.15) is 11.4 Å². The lowest BCUT2D eigenvalue weighted by Crippen LogP contribution is -2.38. The molecule has 2 saturated carbocycles. The number of nitro groups is 2. The molecule has 55 heavy (non-hydrogen) atoms. The second-order valence-electron chi connectivity index (χ2n) is 13.5. The predicted molar refractivity (Wildman–Crippen MR) is 164 cm³/mol. The smallest absolute Gasteiger partial charge is 0.458 e. The van der Waals surface area contributed by atoms with Crippen molar-refractivity contribution in [2.24, 2.45) is 17.8 Å². The van der Waals surface area contributed by atoms with E-state index in [1.54, 1.807) is 0 Å². The zero-order valence-corrected chi connectivity index (χ0v) is 28.5. The molecule has 1 unspecified atom stereocenters. The van der Waals surface area contributed by atoms with E-state index in [2.05, 4.69) is 0 Å². The Bertz CT molecular complexity index is 1910. The highest BCUT2D eigenvalue weighted by molar-refractivity contribution is 6.24. The van der Waals surface area contributed by atoms with E-state index >= 15 is 0 Å². The molecule has 12 nitrogen and oxygen atoms in total. The van der Waals surface area contributed by atoms with Crippen molar-refractivity contribution >= 4 is 40.5 Å². The maximum atomic E-state index is 13.6. The summed E-state index contributed by atoms with van der Waals surface area (Å²) < 4.78 is 134. The Morgan fingerprint density at radius 3 is 1.45 bits per heavy atom. The number of alkyl halides is 10. The predicted octanol–water partition coefficient (Wildman–Crippen LogP) is 8.17. The number of hydrogen-bond acceptors (Lipinski definition) is 10. The Morgan fingerprint density at radius 1 is 0.691 bits per heavy atom. The molecule has 4 rings (SSSR count). The topological polar surface area (TPSA) is 181 Å². The minimum atomic E-state index is -6.03. The summed E-state index contributed by atoms with van der Waals surface area (Å²) in [4.78, 5) is 81.1. The molecule has 22 heteroatoms. The molecule has 300 valence electrons. The van der Waals surface area contributed by atoms with Crippen LogP contribution in [-0.2, 0) is 31.0 Å². The average molecular weight is 803 g/mol. The maximum absolute atomic E-state index is 13.6. The van der Waals surface area contributed by atoms with Crippen LogP contribution in [0.4, 0.5) is 55.3 Å². The molecule has 1 atom stereocenters. The summed E-state index contributed by atoms with van der Waals surface area (Å²) in [6, 6.07) is 1.33. The van der Waals surface area contributed by atoms with E-state index in [0.717, 1.165) is 0 Å². The van der Waals surface area contributed by atoms with Gasteiger partial charge in [-0.25, -0.2) is 0 Å². The van der Waals surface area contributed by atoms with Crippen LogP contribution in [-0.4, -0.2) is 56.9 Å². The lowest BCUT2D eigenvalue weighted by Gasteiger charge is -2.23. The molecule has 2 fully saturated rings. The third-order valence-electron chi connectivity index (χ3n) is 7.93. The number of hydrogen-bond donors (Lipinski definition) is 0. The number of carbonyl (C=O) groups is 5. The summed E-state index contributed by atoms with van der Waals surface area (Å²) in [5, 5.41) is 22.2. The largest absolute Gasteiger partial charge is 0.459 e. The lowest BCUT2D eigenvalue weighted by molar-refractivity contribution is -0.385. The van der Waals surface area contributed by atoms with Crippen LogP contribution < -0.4 is 0 Å². The van der Waals surface area contributed by atoms with Crippen LogP contribution in [0.2, 0.25) is 0 Å². The van der Waals surface area contributed by atoms with Gasteiger partial charge in [-0.2, -0.15) is 43.9 Å². The van der Waals surface area contributed by atoms with Crippen molar-refractivity contribution in [1.29, 1.82) is 0 Å². The van der Waals surface area contributed by atoms with Crippen molar-refractivity contribution in [2.75, 3.05) is 0 Å². The number of ketones is 4. The van der Waals surface area contributed by atoms with E-state index in [0.29, 0.717) is 43.9 Å². The number of benzene rings is 2. The van der Waals surface area contributed by atoms with Crippen LogP contribution in [0.3, 0.4) is 0 Å². The summed E-state index contributed by atoms with van der Waals surface area (Å²) in [5.74, 6) is -18.7. The molecule has 0 spiro atoms. The van der Waals surface area contributed by atoms with Crippen molar-refractivity contribution in [1.82, 2.24) is 0 Å². The maximum Gasteiger partial charge on any atom is 0.458 e. The van der Waals surface area contributed by atoms with E-state index in [1.807, 2.05) is 0 Å². The van der Waals surface area contributed by atoms with E-state index < -0.39 is 121 Å². The number of rotatable bonds is 13. The van der Waals surface area contributed by atoms with Crippen LogP contribution in [0.25, 0.3) is 0 Å². The van der Waals surface area contributed by atoms with Crippen molar-refractivity contribution in [3.8, 4) is 0 Å². The summed E-state index contributed by atoms with van der Waals surface area (Å²) >= 11 is 0. The van der Waals surface area contributed by atoms with Gasteiger partial charge in [-0.15, -0.1) is 0 Å². The molecule has 2 aromatic carbocycles. The molecule has 0 saturated heterocycles. The first-order chi connectivity index (χ1) is 24.9. The summed E-state index contributed by atoms with van der Waals surface area (Å²) in [7, 11) is 0. The molecule has 2 aliphatic rings. The molecule has 0 heterocycles. The van der Waals surface area contributed by atoms with Gasteiger partial charge in [0.25, 0.3) is 11.4 Å². The standard InChI is InChI=1S/C19H18F5NO6.C14H10F5NO4/c1-17(2,3)31-16(28)13(14(26)9-4-5-9)15(27)11-7-6-10(8-12(11)25(29)30)18(20,21)19(22,23)24;15-13(16,14(17,18)19)8-3-4-9(10(5-8)20(23)24)12(22)6-11(21)7-1-2-7/h6-9,13H,4-5H2,1-3H3;3-5,7H,1-2,6H2. The van der Waals surface area contributed by atoms with Gasteiger partial charge in [0.15, 0.2) is 23.3 Å². The fraction of sp³-hybridized carbons (Fsp3) is 0.485. The van der Waals surface area contributed by atoms with Gasteiger partial charge in [0.05, 0.1) is 27.4 Å². The number of nitrogens with zero attached hydrogens (tertiary/aromatic N) is 2. The number of halogens is 10. The minimum Gasteiger partial charge on any atom is -0.459 e. The highest BCUT2D eigenvalue weighted by Crippen LogP contribution is 2.46. The van der Waals surface area contributed by atoms with Crippen LogP contribution in [0.15, 0.2) is 36.4 Å². The van der Waals surface area contributed by atoms with Gasteiger partial charge in [0.2, 0.25) is 0 Å². The number of Topliss-reactive ketones (excluding diaryl/α,β-unsaturated/α-hetero) is 4. The van der Waals surface area contributed by atoms with E-state index in [4.69, 9.17) is 4.74 Å². The Kier molecular flexibility index (Phi) is 12.4.